The molecular formula is C19H32N2O5S. The van der Waals surface area contributed by atoms with Crippen LogP contribution in [-0.2, 0) is 19.6 Å². The SMILES string of the molecule is CC1=C(C)C(=O)C(CCC(C)(O)CN(CCN(C)C)S(C)(=O)=O)=C(C)C1=O. The van der Waals surface area contributed by atoms with Crippen LogP contribution in [0.25, 0.3) is 0 Å². The molecule has 0 aliphatic heterocycles. The summed E-state index contributed by atoms with van der Waals surface area (Å²) in [5, 5.41) is 10.7. The number of Topliss-reactive ketones (excluding diaryl/α,β-unsaturated/α-hetero) is 2. The van der Waals surface area contributed by atoms with Gasteiger partial charge in [-0.3, -0.25) is 9.59 Å². The van der Waals surface area contributed by atoms with Crippen LogP contribution in [0.2, 0.25) is 0 Å². The monoisotopic (exact) mass is 400 g/mol. The Morgan fingerprint density at radius 2 is 1.48 bits per heavy atom. The first-order valence-electron chi connectivity index (χ1n) is 8.96. The lowest BCUT2D eigenvalue weighted by molar-refractivity contribution is -0.116. The van der Waals surface area contributed by atoms with E-state index in [2.05, 4.69) is 0 Å². The fraction of sp³-hybridized carbons (Fsp3) is 0.684. The van der Waals surface area contributed by atoms with Crippen molar-refractivity contribution in [2.24, 2.45) is 0 Å². The van der Waals surface area contributed by atoms with E-state index in [0.717, 1.165) is 6.26 Å². The molecule has 0 radical (unpaired) electrons. The molecule has 7 nitrogen and oxygen atoms in total. The second-order valence-electron chi connectivity index (χ2n) is 7.91. The number of ketones is 2. The molecule has 1 N–H and O–H groups in total. The minimum atomic E-state index is -3.48. The zero-order valence-electron chi connectivity index (χ0n) is 17.4. The van der Waals surface area contributed by atoms with Crippen molar-refractivity contribution in [3.05, 3.63) is 22.3 Å². The first-order chi connectivity index (χ1) is 12.2. The molecule has 1 unspecified atom stereocenters. The van der Waals surface area contributed by atoms with E-state index in [1.807, 2.05) is 19.0 Å². The second-order valence-corrected chi connectivity index (χ2v) is 9.89. The molecule has 27 heavy (non-hydrogen) atoms. The number of likely N-dealkylation sites (N-methyl/N-ethyl adjacent to an activating group) is 1. The predicted octanol–water partition coefficient (Wildman–Crippen LogP) is 1.15. The fourth-order valence-electron chi connectivity index (χ4n) is 2.98. The molecule has 8 heteroatoms. The largest absolute Gasteiger partial charge is 0.389 e. The van der Waals surface area contributed by atoms with Crippen LogP contribution >= 0.6 is 0 Å². The molecule has 0 aromatic heterocycles. The van der Waals surface area contributed by atoms with Gasteiger partial charge in [0.15, 0.2) is 11.6 Å². The highest BCUT2D eigenvalue weighted by atomic mass is 32.2. The van der Waals surface area contributed by atoms with E-state index in [-0.39, 0.29) is 37.5 Å². The van der Waals surface area contributed by atoms with Gasteiger partial charge in [0, 0.05) is 41.9 Å². The maximum Gasteiger partial charge on any atom is 0.211 e. The molecule has 0 spiro atoms. The van der Waals surface area contributed by atoms with E-state index in [4.69, 9.17) is 0 Å². The third kappa shape index (κ3) is 6.34. The van der Waals surface area contributed by atoms with E-state index in [1.165, 1.54) is 4.31 Å². The molecule has 0 heterocycles. The Labute approximate surface area is 162 Å². The smallest absolute Gasteiger partial charge is 0.211 e. The number of sulfonamides is 1. The molecule has 0 bridgehead atoms. The van der Waals surface area contributed by atoms with Gasteiger partial charge in [-0.1, -0.05) is 0 Å². The molecule has 0 aromatic rings. The Bertz CT molecular complexity index is 776. The average molecular weight is 401 g/mol. The fourth-order valence-corrected chi connectivity index (χ4v) is 3.91. The van der Waals surface area contributed by atoms with E-state index < -0.39 is 15.6 Å². The van der Waals surface area contributed by atoms with Crippen LogP contribution in [0.3, 0.4) is 0 Å². The normalized spacial score (nSPS) is 18.7. The summed E-state index contributed by atoms with van der Waals surface area (Å²) < 4.78 is 25.3. The first-order valence-corrected chi connectivity index (χ1v) is 10.8. The zero-order valence-corrected chi connectivity index (χ0v) is 18.2. The Morgan fingerprint density at radius 3 is 1.96 bits per heavy atom. The van der Waals surface area contributed by atoms with Crippen molar-refractivity contribution in [1.29, 1.82) is 0 Å². The number of nitrogens with zero attached hydrogens (tertiary/aromatic N) is 2. The number of carbonyl (C=O) groups excluding carboxylic acids is 2. The van der Waals surface area contributed by atoms with Crippen molar-refractivity contribution >= 4 is 21.6 Å². The van der Waals surface area contributed by atoms with E-state index in [9.17, 15) is 23.1 Å². The van der Waals surface area contributed by atoms with Gasteiger partial charge in [0.2, 0.25) is 10.0 Å². The average Bonchev–Trinajstić information content (AvgIpc) is 2.53. The standard InChI is InChI=1S/C19H32N2O5S/c1-13-14(2)18(23)16(15(3)17(13)22)8-9-19(4,24)12-21(27(7,25)26)11-10-20(5)6/h24H,8-12H2,1-7H3. The number of aliphatic hydroxyl groups is 1. The number of rotatable bonds is 9. The van der Waals surface area contributed by atoms with Crippen LogP contribution in [0.5, 0.6) is 0 Å². The number of allylic oxidation sites excluding steroid dienone is 4. The van der Waals surface area contributed by atoms with E-state index in [1.54, 1.807) is 27.7 Å². The maximum absolute atomic E-state index is 12.5. The van der Waals surface area contributed by atoms with Crippen LogP contribution in [-0.4, -0.2) is 79.9 Å². The second kappa shape index (κ2) is 8.77. The summed E-state index contributed by atoms with van der Waals surface area (Å²) in [6, 6.07) is 0. The lowest BCUT2D eigenvalue weighted by Crippen LogP contribution is -2.46. The van der Waals surface area contributed by atoms with Gasteiger partial charge in [0.25, 0.3) is 0 Å². The van der Waals surface area contributed by atoms with Crippen molar-refractivity contribution in [3.63, 3.8) is 0 Å². The summed E-state index contributed by atoms with van der Waals surface area (Å²) in [4.78, 5) is 26.6. The Hall–Kier alpha value is -1.35. The quantitative estimate of drug-likeness (QED) is 0.583. The van der Waals surface area contributed by atoms with Gasteiger partial charge >= 0.3 is 0 Å². The molecule has 1 aliphatic carbocycles. The summed E-state index contributed by atoms with van der Waals surface area (Å²) in [7, 11) is 0.212. The molecular weight excluding hydrogens is 368 g/mol. The third-order valence-corrected chi connectivity index (χ3v) is 6.26. The van der Waals surface area contributed by atoms with Crippen molar-refractivity contribution in [3.8, 4) is 0 Å². The zero-order chi connectivity index (χ0) is 21.2. The van der Waals surface area contributed by atoms with Crippen LogP contribution in [0.4, 0.5) is 0 Å². The third-order valence-electron chi connectivity index (χ3n) is 5.01. The Morgan fingerprint density at radius 1 is 0.963 bits per heavy atom. The van der Waals surface area contributed by atoms with Crippen molar-refractivity contribution in [2.45, 2.75) is 46.1 Å². The van der Waals surface area contributed by atoms with Gasteiger partial charge in [-0.2, -0.15) is 4.31 Å². The van der Waals surface area contributed by atoms with Gasteiger partial charge in [0.05, 0.1) is 11.9 Å². The Kier molecular flexibility index (Phi) is 7.69. The number of carbonyl (C=O) groups is 2. The van der Waals surface area contributed by atoms with Gasteiger partial charge in [-0.25, -0.2) is 8.42 Å². The van der Waals surface area contributed by atoms with Crippen LogP contribution < -0.4 is 0 Å². The lowest BCUT2D eigenvalue weighted by Gasteiger charge is -2.31. The van der Waals surface area contributed by atoms with Crippen molar-refractivity contribution < 1.29 is 23.1 Å². The van der Waals surface area contributed by atoms with Gasteiger partial charge < -0.3 is 10.0 Å². The molecule has 1 aliphatic rings. The summed E-state index contributed by atoms with van der Waals surface area (Å²) in [6.07, 6.45) is 1.52. The van der Waals surface area contributed by atoms with Crippen LogP contribution in [0.15, 0.2) is 22.3 Å². The molecule has 1 rings (SSSR count). The minimum Gasteiger partial charge on any atom is -0.389 e. The molecule has 0 amide bonds. The highest BCUT2D eigenvalue weighted by molar-refractivity contribution is 7.88. The molecule has 0 aromatic carbocycles. The first kappa shape index (κ1) is 23.7. The molecule has 0 fully saturated rings. The van der Waals surface area contributed by atoms with Gasteiger partial charge in [-0.05, 0) is 54.6 Å². The molecule has 0 saturated carbocycles. The topological polar surface area (TPSA) is 95.0 Å². The minimum absolute atomic E-state index is 0.0675. The highest BCUT2D eigenvalue weighted by Crippen LogP contribution is 2.29. The van der Waals surface area contributed by atoms with Crippen LogP contribution in [0, 0.1) is 0 Å². The molecule has 154 valence electrons. The predicted molar refractivity (Wildman–Crippen MR) is 106 cm³/mol. The lowest BCUT2D eigenvalue weighted by atomic mass is 9.82. The highest BCUT2D eigenvalue weighted by Gasteiger charge is 2.32. The molecule has 0 saturated heterocycles. The van der Waals surface area contributed by atoms with Crippen LogP contribution in [0.1, 0.15) is 40.5 Å². The molecule has 1 atom stereocenters. The summed E-state index contributed by atoms with van der Waals surface area (Å²) in [5.41, 5.74) is 0.383. The van der Waals surface area contributed by atoms with Gasteiger partial charge in [-0.15, -0.1) is 0 Å². The van der Waals surface area contributed by atoms with Crippen molar-refractivity contribution in [1.82, 2.24) is 9.21 Å². The van der Waals surface area contributed by atoms with E-state index >= 15 is 0 Å². The number of hydrogen-bond acceptors (Lipinski definition) is 6. The Balaban J connectivity index is 2.91. The summed E-state index contributed by atoms with van der Waals surface area (Å²) in [5.74, 6) is -0.321. The summed E-state index contributed by atoms with van der Waals surface area (Å²) >= 11 is 0. The summed E-state index contributed by atoms with van der Waals surface area (Å²) in [6.45, 7) is 7.18. The van der Waals surface area contributed by atoms with Gasteiger partial charge in [0.1, 0.15) is 0 Å². The maximum atomic E-state index is 12.5. The number of hydrogen-bond donors (Lipinski definition) is 1. The van der Waals surface area contributed by atoms with E-state index in [0.29, 0.717) is 28.8 Å². The van der Waals surface area contributed by atoms with Crippen molar-refractivity contribution in [2.75, 3.05) is 40.0 Å².